The predicted molar refractivity (Wildman–Crippen MR) is 127 cm³/mol. The lowest BCUT2D eigenvalue weighted by Crippen LogP contribution is -2.44. The van der Waals surface area contributed by atoms with Gasteiger partial charge >= 0.3 is 0 Å². The molecule has 2 saturated heterocycles. The maximum atomic E-state index is 12.9. The molecule has 2 aliphatic rings. The smallest absolute Gasteiger partial charge is 0.242 e. The number of nitrogens with one attached hydrogen (secondary N) is 1. The van der Waals surface area contributed by atoms with E-state index < -0.39 is 0 Å². The zero-order valence-corrected chi connectivity index (χ0v) is 19.5. The first kappa shape index (κ1) is 22.7. The van der Waals surface area contributed by atoms with Crippen molar-refractivity contribution in [1.29, 1.82) is 0 Å². The van der Waals surface area contributed by atoms with Gasteiger partial charge in [0.05, 0.1) is 0 Å². The molecule has 2 fully saturated rings. The number of aromatic nitrogens is 2. The van der Waals surface area contributed by atoms with E-state index in [1.165, 1.54) is 16.9 Å². The summed E-state index contributed by atoms with van der Waals surface area (Å²) in [5.74, 6) is 0.166. The van der Waals surface area contributed by atoms with Crippen LogP contribution in [-0.4, -0.2) is 65.7 Å². The van der Waals surface area contributed by atoms with E-state index in [9.17, 15) is 9.59 Å². The molecular weight excluding hydrogens is 424 g/mol. The van der Waals surface area contributed by atoms with Gasteiger partial charge < -0.3 is 10.2 Å². The molecule has 32 heavy (non-hydrogen) atoms. The van der Waals surface area contributed by atoms with Gasteiger partial charge in [0, 0.05) is 39.1 Å². The molecule has 0 spiro atoms. The van der Waals surface area contributed by atoms with E-state index in [0.29, 0.717) is 24.6 Å². The van der Waals surface area contributed by atoms with Crippen LogP contribution in [0, 0.1) is 0 Å². The summed E-state index contributed by atoms with van der Waals surface area (Å²) in [6.07, 6.45) is 4.13. The minimum atomic E-state index is -0.211. The van der Waals surface area contributed by atoms with Crippen LogP contribution in [0.15, 0.2) is 30.3 Å². The van der Waals surface area contributed by atoms with Gasteiger partial charge in [-0.05, 0) is 37.8 Å². The highest BCUT2D eigenvalue weighted by molar-refractivity contribution is 7.19. The Kier molecular flexibility index (Phi) is 7.70. The van der Waals surface area contributed by atoms with E-state index in [1.54, 1.807) is 4.90 Å². The average Bonchev–Trinajstić information content (AvgIpc) is 3.56. The van der Waals surface area contributed by atoms with Crippen LogP contribution >= 0.6 is 11.3 Å². The van der Waals surface area contributed by atoms with Crippen LogP contribution in [0.2, 0.25) is 0 Å². The van der Waals surface area contributed by atoms with Crippen LogP contribution in [0.3, 0.4) is 0 Å². The minimum Gasteiger partial charge on any atom is -0.354 e. The molecule has 2 aliphatic heterocycles. The number of hydrogen-bond acceptors (Lipinski definition) is 7. The van der Waals surface area contributed by atoms with Crippen LogP contribution < -0.4 is 15.1 Å². The first-order valence-electron chi connectivity index (χ1n) is 11.6. The molecule has 2 amide bonds. The molecule has 8 nitrogen and oxygen atoms in total. The van der Waals surface area contributed by atoms with Gasteiger partial charge in [0.15, 0.2) is 0 Å². The maximum Gasteiger partial charge on any atom is 0.242 e. The SMILES string of the molecule is CCN(CCCNC(=O)[C@@H]1CCCN1c1nnc(N2CCCC2=O)s1)Cc1ccccc1. The first-order chi connectivity index (χ1) is 15.7. The summed E-state index contributed by atoms with van der Waals surface area (Å²) in [7, 11) is 0. The van der Waals surface area contributed by atoms with Crippen molar-refractivity contribution in [3.05, 3.63) is 35.9 Å². The van der Waals surface area contributed by atoms with Gasteiger partial charge in [-0.15, -0.1) is 10.2 Å². The predicted octanol–water partition coefficient (Wildman–Crippen LogP) is 2.66. The average molecular weight is 457 g/mol. The molecule has 1 N–H and O–H groups in total. The molecule has 0 radical (unpaired) electrons. The van der Waals surface area contributed by atoms with Crippen LogP contribution in [0.25, 0.3) is 0 Å². The van der Waals surface area contributed by atoms with Crippen LogP contribution in [-0.2, 0) is 16.1 Å². The molecule has 4 rings (SSSR count). The Hall–Kier alpha value is -2.52. The standard InChI is InChI=1S/C23H32N6O2S/c1-2-27(17-18-9-4-3-5-10-18)14-8-13-24-21(31)19-11-6-15-28(19)22-25-26-23(32-22)29-16-7-12-20(29)30/h3-5,9-10,19H,2,6-8,11-17H2,1H3,(H,24,31)/t19-/m0/s1. The van der Waals surface area contributed by atoms with E-state index >= 15 is 0 Å². The van der Waals surface area contributed by atoms with Gasteiger partial charge in [-0.1, -0.05) is 48.6 Å². The molecule has 172 valence electrons. The minimum absolute atomic E-state index is 0.0580. The van der Waals surface area contributed by atoms with Crippen molar-refractivity contribution in [2.45, 2.75) is 51.6 Å². The lowest BCUT2D eigenvalue weighted by Gasteiger charge is -2.23. The van der Waals surface area contributed by atoms with Crippen molar-refractivity contribution in [1.82, 2.24) is 20.4 Å². The molecule has 0 bridgehead atoms. The first-order valence-corrected chi connectivity index (χ1v) is 12.4. The fourth-order valence-corrected chi connectivity index (χ4v) is 5.34. The topological polar surface area (TPSA) is 81.7 Å². The molecule has 1 aromatic heterocycles. The number of nitrogens with zero attached hydrogens (tertiary/aromatic N) is 5. The highest BCUT2D eigenvalue weighted by atomic mass is 32.1. The molecule has 0 aliphatic carbocycles. The number of benzene rings is 1. The Morgan fingerprint density at radius 3 is 2.75 bits per heavy atom. The summed E-state index contributed by atoms with van der Waals surface area (Å²) in [4.78, 5) is 31.0. The van der Waals surface area contributed by atoms with Gasteiger partial charge in [0.25, 0.3) is 0 Å². The van der Waals surface area contributed by atoms with Crippen LogP contribution in [0.5, 0.6) is 0 Å². The quantitative estimate of drug-likeness (QED) is 0.554. The van der Waals surface area contributed by atoms with E-state index in [1.807, 2.05) is 11.0 Å². The molecule has 0 unspecified atom stereocenters. The summed E-state index contributed by atoms with van der Waals surface area (Å²) in [6.45, 7) is 7.20. The number of carbonyl (C=O) groups is 2. The molecule has 0 saturated carbocycles. The third-order valence-corrected chi connectivity index (χ3v) is 7.14. The summed E-state index contributed by atoms with van der Waals surface area (Å²) < 4.78 is 0. The Bertz CT molecular complexity index is 905. The number of amides is 2. The monoisotopic (exact) mass is 456 g/mol. The zero-order valence-electron chi connectivity index (χ0n) is 18.7. The Morgan fingerprint density at radius 1 is 1.19 bits per heavy atom. The van der Waals surface area contributed by atoms with Crippen LogP contribution in [0.4, 0.5) is 10.3 Å². The summed E-state index contributed by atoms with van der Waals surface area (Å²) >= 11 is 1.41. The normalized spacial score (nSPS) is 18.7. The number of carbonyl (C=O) groups excluding carboxylic acids is 2. The number of rotatable bonds is 10. The van der Waals surface area contributed by atoms with Crippen molar-refractivity contribution < 1.29 is 9.59 Å². The number of hydrogen-bond donors (Lipinski definition) is 1. The van der Waals surface area contributed by atoms with Crippen LogP contribution in [0.1, 0.15) is 44.6 Å². The maximum absolute atomic E-state index is 12.9. The third kappa shape index (κ3) is 5.45. The van der Waals surface area contributed by atoms with Crippen molar-refractivity contribution in [2.24, 2.45) is 0 Å². The summed E-state index contributed by atoms with van der Waals surface area (Å²) in [5, 5.41) is 13.0. The molecule has 3 heterocycles. The van der Waals surface area contributed by atoms with Crippen molar-refractivity contribution in [3.63, 3.8) is 0 Å². The number of anilines is 2. The molecule has 9 heteroatoms. The van der Waals surface area contributed by atoms with Crippen molar-refractivity contribution in [3.8, 4) is 0 Å². The lowest BCUT2D eigenvalue weighted by atomic mass is 10.2. The van der Waals surface area contributed by atoms with Crippen molar-refractivity contribution >= 4 is 33.4 Å². The molecular formula is C23H32N6O2S. The highest BCUT2D eigenvalue weighted by Crippen LogP contribution is 2.33. The largest absolute Gasteiger partial charge is 0.354 e. The molecule has 1 atom stereocenters. The van der Waals surface area contributed by atoms with Gasteiger partial charge in [-0.3, -0.25) is 19.4 Å². The van der Waals surface area contributed by atoms with E-state index in [-0.39, 0.29) is 17.9 Å². The van der Waals surface area contributed by atoms with Crippen molar-refractivity contribution in [2.75, 3.05) is 42.5 Å². The van der Waals surface area contributed by atoms with Gasteiger partial charge in [0.2, 0.25) is 22.1 Å². The Balaban J connectivity index is 1.25. The second-order valence-electron chi connectivity index (χ2n) is 8.37. The van der Waals surface area contributed by atoms with Gasteiger partial charge in [-0.25, -0.2) is 0 Å². The Labute approximate surface area is 193 Å². The van der Waals surface area contributed by atoms with E-state index in [0.717, 1.165) is 57.0 Å². The Morgan fingerprint density at radius 2 is 2.00 bits per heavy atom. The second-order valence-corrected chi connectivity index (χ2v) is 9.30. The second kappa shape index (κ2) is 10.9. The van der Waals surface area contributed by atoms with E-state index in [2.05, 4.69) is 51.6 Å². The van der Waals surface area contributed by atoms with Gasteiger partial charge in [0.1, 0.15) is 6.04 Å². The fourth-order valence-electron chi connectivity index (χ4n) is 4.37. The lowest BCUT2D eigenvalue weighted by molar-refractivity contribution is -0.122. The third-order valence-electron chi connectivity index (χ3n) is 6.16. The molecule has 2 aromatic rings. The fraction of sp³-hybridized carbons (Fsp3) is 0.565. The zero-order chi connectivity index (χ0) is 22.3. The summed E-state index contributed by atoms with van der Waals surface area (Å²) in [6, 6.07) is 10.3. The highest BCUT2D eigenvalue weighted by Gasteiger charge is 2.34. The summed E-state index contributed by atoms with van der Waals surface area (Å²) in [5.41, 5.74) is 1.31. The van der Waals surface area contributed by atoms with Gasteiger partial charge in [-0.2, -0.15) is 0 Å². The van der Waals surface area contributed by atoms with E-state index in [4.69, 9.17) is 0 Å². The molecule has 1 aromatic carbocycles.